The van der Waals surface area contributed by atoms with E-state index in [0.717, 1.165) is 88.0 Å². The summed E-state index contributed by atoms with van der Waals surface area (Å²) in [6, 6.07) is 73.0. The van der Waals surface area contributed by atoms with E-state index in [1.54, 1.807) is 0 Å². The van der Waals surface area contributed by atoms with Crippen LogP contribution in [0.3, 0.4) is 0 Å². The molecule has 0 saturated heterocycles. The second-order valence-electron chi connectivity index (χ2n) is 16.0. The molecule has 3 aromatic heterocycles. The van der Waals surface area contributed by atoms with Gasteiger partial charge in [-0.1, -0.05) is 152 Å². The highest BCUT2D eigenvalue weighted by atomic mass is 16.3. The van der Waals surface area contributed by atoms with Gasteiger partial charge in [-0.15, -0.1) is 0 Å². The van der Waals surface area contributed by atoms with E-state index in [4.69, 9.17) is 19.4 Å². The van der Waals surface area contributed by atoms with Crippen LogP contribution in [0.2, 0.25) is 0 Å². The van der Waals surface area contributed by atoms with E-state index in [1.165, 1.54) is 21.5 Å². The molecular formula is C57H34N4O. The third-order valence-electron chi connectivity index (χ3n) is 12.4. The van der Waals surface area contributed by atoms with Gasteiger partial charge in [0.25, 0.3) is 0 Å². The van der Waals surface area contributed by atoms with Crippen molar-refractivity contribution in [1.29, 1.82) is 0 Å². The molecule has 0 aliphatic rings. The molecule has 3 heterocycles. The van der Waals surface area contributed by atoms with Crippen molar-refractivity contribution < 1.29 is 4.42 Å². The first-order valence-electron chi connectivity index (χ1n) is 20.9. The van der Waals surface area contributed by atoms with E-state index < -0.39 is 0 Å². The summed E-state index contributed by atoms with van der Waals surface area (Å²) in [6.45, 7) is 0. The summed E-state index contributed by atoms with van der Waals surface area (Å²) >= 11 is 0. The third-order valence-corrected chi connectivity index (χ3v) is 12.4. The molecule has 0 aliphatic heterocycles. The Bertz CT molecular complexity index is 3940. The van der Waals surface area contributed by atoms with E-state index in [0.29, 0.717) is 17.5 Å². The molecule has 5 heteroatoms. The number of hydrogen-bond acceptors (Lipinski definition) is 4. The summed E-state index contributed by atoms with van der Waals surface area (Å²) in [4.78, 5) is 15.9. The van der Waals surface area contributed by atoms with Gasteiger partial charge in [-0.2, -0.15) is 0 Å². The molecule has 0 N–H and O–H groups in total. The summed E-state index contributed by atoms with van der Waals surface area (Å²) in [6.07, 6.45) is 0. The maximum absolute atomic E-state index is 6.37. The molecule has 0 aliphatic carbocycles. The van der Waals surface area contributed by atoms with Gasteiger partial charge in [0.2, 0.25) is 0 Å². The summed E-state index contributed by atoms with van der Waals surface area (Å²) in [5.41, 5.74) is 9.99. The molecule has 0 bridgehead atoms. The topological polar surface area (TPSA) is 56.7 Å². The van der Waals surface area contributed by atoms with Crippen molar-refractivity contribution in [3.63, 3.8) is 0 Å². The van der Waals surface area contributed by atoms with Crippen LogP contribution in [0.4, 0.5) is 0 Å². The third kappa shape index (κ3) is 5.38. The quantitative estimate of drug-likeness (QED) is 0.174. The number of fused-ring (bicyclic) bond motifs is 9. The van der Waals surface area contributed by atoms with Crippen molar-refractivity contribution in [2.75, 3.05) is 0 Å². The Kier molecular flexibility index (Phi) is 7.54. The molecule has 0 unspecified atom stereocenters. The number of hydrogen-bond donors (Lipinski definition) is 0. The van der Waals surface area contributed by atoms with Crippen molar-refractivity contribution >= 4 is 76.1 Å². The number of rotatable bonds is 5. The van der Waals surface area contributed by atoms with Crippen molar-refractivity contribution in [3.05, 3.63) is 206 Å². The van der Waals surface area contributed by atoms with Gasteiger partial charge >= 0.3 is 0 Å². The van der Waals surface area contributed by atoms with E-state index in [2.05, 4.69) is 193 Å². The first-order chi connectivity index (χ1) is 30.7. The smallest absolute Gasteiger partial charge is 0.164 e. The Hall–Kier alpha value is -8.41. The van der Waals surface area contributed by atoms with Gasteiger partial charge in [-0.25, -0.2) is 15.0 Å². The highest BCUT2D eigenvalue weighted by Crippen LogP contribution is 2.43. The molecule has 5 nitrogen and oxygen atoms in total. The first-order valence-corrected chi connectivity index (χ1v) is 20.9. The SMILES string of the molecule is c1ccc(-c2cccc3c(-c4nc(-c5ccc6ccccc6c5)nc(-c5ccc6c(c5)oc5ccccc56)n4)ccc(-n4c5ccccc5c5cc6ccccc6cc54)c23)cc1. The Morgan fingerprint density at radius 1 is 0.323 bits per heavy atom. The highest BCUT2D eigenvalue weighted by molar-refractivity contribution is 6.16. The minimum absolute atomic E-state index is 0.575. The van der Waals surface area contributed by atoms with Gasteiger partial charge < -0.3 is 8.98 Å². The molecule has 13 rings (SSSR count). The van der Waals surface area contributed by atoms with Crippen LogP contribution in [0.1, 0.15) is 0 Å². The molecule has 0 radical (unpaired) electrons. The number of furan rings is 1. The zero-order valence-electron chi connectivity index (χ0n) is 33.3. The van der Waals surface area contributed by atoms with Gasteiger partial charge in [0.05, 0.1) is 16.7 Å². The summed E-state index contributed by atoms with van der Waals surface area (Å²) in [5, 5.41) is 11.4. The van der Waals surface area contributed by atoms with Crippen LogP contribution in [0.15, 0.2) is 211 Å². The Balaban J connectivity index is 1.10. The second-order valence-corrected chi connectivity index (χ2v) is 16.0. The van der Waals surface area contributed by atoms with Crippen molar-refractivity contribution in [2.24, 2.45) is 0 Å². The number of benzene rings is 10. The van der Waals surface area contributed by atoms with Crippen LogP contribution in [-0.4, -0.2) is 19.5 Å². The second kappa shape index (κ2) is 13.6. The number of aromatic nitrogens is 4. The molecule has 13 aromatic rings. The van der Waals surface area contributed by atoms with Crippen molar-refractivity contribution in [2.45, 2.75) is 0 Å². The molecule has 288 valence electrons. The number of nitrogens with zero attached hydrogens (tertiary/aromatic N) is 4. The van der Waals surface area contributed by atoms with Gasteiger partial charge in [-0.05, 0) is 92.7 Å². The lowest BCUT2D eigenvalue weighted by Gasteiger charge is -2.18. The van der Waals surface area contributed by atoms with Crippen LogP contribution in [-0.2, 0) is 0 Å². The summed E-state index contributed by atoms with van der Waals surface area (Å²) in [7, 11) is 0. The average molecular weight is 791 g/mol. The summed E-state index contributed by atoms with van der Waals surface area (Å²) < 4.78 is 8.81. The zero-order valence-corrected chi connectivity index (χ0v) is 33.3. The minimum Gasteiger partial charge on any atom is -0.456 e. The molecule has 0 atom stereocenters. The summed E-state index contributed by atoms with van der Waals surface area (Å²) in [5.74, 6) is 1.77. The van der Waals surface area contributed by atoms with Crippen LogP contribution < -0.4 is 0 Å². The van der Waals surface area contributed by atoms with Gasteiger partial charge in [0.1, 0.15) is 11.2 Å². The standard InChI is InChI=1S/C57H34N4O/c1-2-14-36(15-3-1)42-21-12-22-46-47(29-30-50(54(42)46)61-49-23-10-8-19-43(49)48-32-38-17-6-7-18-39(38)33-51(48)61)57-59-55(40-26-25-35-13-4-5-16-37(35)31-40)58-56(60-57)41-27-28-45-44-20-9-11-24-52(44)62-53(45)34-41/h1-34H. The van der Waals surface area contributed by atoms with Crippen LogP contribution in [0, 0.1) is 0 Å². The predicted octanol–water partition coefficient (Wildman–Crippen LogP) is 15.0. The lowest BCUT2D eigenvalue weighted by atomic mass is 9.93. The molecule has 0 amide bonds. The van der Waals surface area contributed by atoms with E-state index in [-0.39, 0.29) is 0 Å². The number of para-hydroxylation sites is 2. The Labute approximate surface area is 355 Å². The lowest BCUT2D eigenvalue weighted by Crippen LogP contribution is -2.02. The molecule has 0 spiro atoms. The van der Waals surface area contributed by atoms with Crippen molar-refractivity contribution in [1.82, 2.24) is 19.5 Å². The maximum Gasteiger partial charge on any atom is 0.164 e. The fourth-order valence-corrected chi connectivity index (χ4v) is 9.49. The molecule has 10 aromatic carbocycles. The minimum atomic E-state index is 0.575. The maximum atomic E-state index is 6.37. The van der Waals surface area contributed by atoms with Gasteiger partial charge in [0.15, 0.2) is 17.5 Å². The molecule has 62 heavy (non-hydrogen) atoms. The monoisotopic (exact) mass is 790 g/mol. The van der Waals surface area contributed by atoms with Crippen molar-refractivity contribution in [3.8, 4) is 51.0 Å². The van der Waals surface area contributed by atoms with Gasteiger partial charge in [-0.3, -0.25) is 0 Å². The fraction of sp³-hybridized carbons (Fsp3) is 0. The highest BCUT2D eigenvalue weighted by Gasteiger charge is 2.22. The lowest BCUT2D eigenvalue weighted by molar-refractivity contribution is 0.669. The van der Waals surface area contributed by atoms with Crippen LogP contribution >= 0.6 is 0 Å². The van der Waals surface area contributed by atoms with Gasteiger partial charge in [0, 0.05) is 43.6 Å². The largest absolute Gasteiger partial charge is 0.456 e. The molecule has 0 fully saturated rings. The predicted molar refractivity (Wildman–Crippen MR) is 256 cm³/mol. The fourth-order valence-electron chi connectivity index (χ4n) is 9.49. The molecule has 0 saturated carbocycles. The zero-order chi connectivity index (χ0) is 40.7. The Morgan fingerprint density at radius 3 is 1.79 bits per heavy atom. The Morgan fingerprint density at radius 2 is 0.952 bits per heavy atom. The normalized spacial score (nSPS) is 11.9. The van der Waals surface area contributed by atoms with Crippen LogP contribution in [0.5, 0.6) is 0 Å². The van der Waals surface area contributed by atoms with E-state index in [1.807, 2.05) is 18.2 Å². The average Bonchev–Trinajstić information content (AvgIpc) is 3.87. The van der Waals surface area contributed by atoms with E-state index >= 15 is 0 Å². The first kappa shape index (κ1) is 34.5. The molecular weight excluding hydrogens is 757 g/mol. The van der Waals surface area contributed by atoms with Crippen LogP contribution in [0.25, 0.3) is 127 Å². The van der Waals surface area contributed by atoms with E-state index in [9.17, 15) is 0 Å².